The summed E-state index contributed by atoms with van der Waals surface area (Å²) in [6, 6.07) is 4.16. The molecule has 1 fully saturated rings. The molecular weight excluding hydrogens is 303 g/mol. The van der Waals surface area contributed by atoms with Crippen molar-refractivity contribution in [3.8, 4) is 5.75 Å². The summed E-state index contributed by atoms with van der Waals surface area (Å²) in [5.41, 5.74) is 0.779. The van der Waals surface area contributed by atoms with E-state index in [0.717, 1.165) is 0 Å². The number of aromatic amines is 1. The van der Waals surface area contributed by atoms with Crippen molar-refractivity contribution in [1.29, 1.82) is 0 Å². The second-order valence-electron chi connectivity index (χ2n) is 5.59. The van der Waals surface area contributed by atoms with Gasteiger partial charge in [-0.05, 0) is 36.5 Å². The lowest BCUT2D eigenvalue weighted by Crippen LogP contribution is -2.41. The van der Waals surface area contributed by atoms with E-state index in [1.54, 1.807) is 6.07 Å². The Hall–Kier alpha value is -2.48. The molecule has 0 bridgehead atoms. The molecule has 122 valence electrons. The zero-order valence-electron chi connectivity index (χ0n) is 12.5. The molecule has 23 heavy (non-hydrogen) atoms. The molecule has 1 aliphatic rings. The van der Waals surface area contributed by atoms with Gasteiger partial charge in [-0.25, -0.2) is 4.39 Å². The lowest BCUT2D eigenvalue weighted by Gasteiger charge is -2.38. The summed E-state index contributed by atoms with van der Waals surface area (Å²) < 4.78 is 18.9. The first-order valence-corrected chi connectivity index (χ1v) is 7.26. The van der Waals surface area contributed by atoms with Crippen LogP contribution in [-0.2, 0) is 0 Å². The van der Waals surface area contributed by atoms with Gasteiger partial charge in [0.2, 0.25) is 0 Å². The number of hydrogen-bond acceptors (Lipinski definition) is 5. The number of carbonyl (C=O) groups is 1. The molecule has 0 spiro atoms. The third kappa shape index (κ3) is 3.16. The van der Waals surface area contributed by atoms with Crippen LogP contribution < -0.4 is 10.1 Å². The second kappa shape index (κ2) is 6.33. The maximum atomic E-state index is 14.0. The van der Waals surface area contributed by atoms with Crippen LogP contribution in [-0.4, -0.2) is 39.6 Å². The predicted octanol–water partition coefficient (Wildman–Crippen LogP) is 1.19. The van der Waals surface area contributed by atoms with Gasteiger partial charge >= 0.3 is 0 Å². The van der Waals surface area contributed by atoms with E-state index >= 15 is 0 Å². The summed E-state index contributed by atoms with van der Waals surface area (Å²) in [6.07, 6.45) is 2.04. The number of aromatic nitrogens is 3. The smallest absolute Gasteiger partial charge is 0.273 e. The van der Waals surface area contributed by atoms with Crippen molar-refractivity contribution in [3.05, 3.63) is 41.5 Å². The number of amides is 1. The standard InChI is InChI=1S/C15H17FN4O3/c1-23-13-3-2-8(6-11(13)16)14(9-4-10(21)5-9)18-15(22)12-7-17-20-19-12/h2-3,6-7,9-10,14,21H,4-5H2,1H3,(H,18,22)(H,17,19,20). The molecule has 1 amide bonds. The Morgan fingerprint density at radius 1 is 1.52 bits per heavy atom. The van der Waals surface area contributed by atoms with Crippen molar-refractivity contribution in [2.75, 3.05) is 7.11 Å². The molecule has 1 aromatic carbocycles. The summed E-state index contributed by atoms with van der Waals surface area (Å²) in [7, 11) is 1.39. The largest absolute Gasteiger partial charge is 0.494 e. The Balaban J connectivity index is 1.83. The average molecular weight is 320 g/mol. The van der Waals surface area contributed by atoms with Gasteiger partial charge in [-0.15, -0.1) is 0 Å². The molecule has 7 nitrogen and oxygen atoms in total. The molecule has 1 saturated carbocycles. The lowest BCUT2D eigenvalue weighted by atomic mass is 9.75. The van der Waals surface area contributed by atoms with Crippen molar-refractivity contribution in [3.63, 3.8) is 0 Å². The van der Waals surface area contributed by atoms with Crippen molar-refractivity contribution < 1.29 is 19.0 Å². The monoisotopic (exact) mass is 320 g/mol. The van der Waals surface area contributed by atoms with Gasteiger partial charge in [0.1, 0.15) is 0 Å². The highest BCUT2D eigenvalue weighted by Gasteiger charge is 2.36. The fourth-order valence-corrected chi connectivity index (χ4v) is 2.78. The maximum Gasteiger partial charge on any atom is 0.273 e. The summed E-state index contributed by atoms with van der Waals surface area (Å²) in [4.78, 5) is 12.2. The quantitative estimate of drug-likeness (QED) is 0.768. The number of benzene rings is 1. The predicted molar refractivity (Wildman–Crippen MR) is 78.3 cm³/mol. The maximum absolute atomic E-state index is 14.0. The molecular formula is C15H17FN4O3. The number of nitrogens with zero attached hydrogens (tertiary/aromatic N) is 2. The molecule has 3 N–H and O–H groups in total. The molecule has 2 aromatic rings. The number of methoxy groups -OCH3 is 1. The Morgan fingerprint density at radius 3 is 2.87 bits per heavy atom. The van der Waals surface area contributed by atoms with Gasteiger partial charge in [0.25, 0.3) is 5.91 Å². The number of halogens is 1. The molecule has 1 atom stereocenters. The molecule has 1 aliphatic carbocycles. The van der Waals surface area contributed by atoms with Gasteiger partial charge in [0.15, 0.2) is 17.3 Å². The highest BCUT2D eigenvalue weighted by atomic mass is 19.1. The number of H-pyrrole nitrogens is 1. The van der Waals surface area contributed by atoms with E-state index in [1.807, 2.05) is 0 Å². The number of carbonyl (C=O) groups excluding carboxylic acids is 1. The van der Waals surface area contributed by atoms with Crippen molar-refractivity contribution >= 4 is 5.91 Å². The third-order valence-corrected chi connectivity index (χ3v) is 4.09. The van der Waals surface area contributed by atoms with Gasteiger partial charge in [-0.3, -0.25) is 4.79 Å². The fraction of sp³-hybridized carbons (Fsp3) is 0.400. The Morgan fingerprint density at radius 2 is 2.30 bits per heavy atom. The minimum absolute atomic E-state index is 0.0358. The number of rotatable bonds is 5. The van der Waals surface area contributed by atoms with E-state index < -0.39 is 17.8 Å². The van der Waals surface area contributed by atoms with E-state index in [-0.39, 0.29) is 23.5 Å². The van der Waals surface area contributed by atoms with E-state index in [0.29, 0.717) is 18.4 Å². The van der Waals surface area contributed by atoms with Gasteiger partial charge in [-0.2, -0.15) is 15.4 Å². The fourth-order valence-electron chi connectivity index (χ4n) is 2.78. The minimum atomic E-state index is -0.495. The normalized spacial score (nSPS) is 21.3. The van der Waals surface area contributed by atoms with Gasteiger partial charge < -0.3 is 15.2 Å². The zero-order valence-corrected chi connectivity index (χ0v) is 12.5. The van der Waals surface area contributed by atoms with Gasteiger partial charge in [-0.1, -0.05) is 6.07 Å². The van der Waals surface area contributed by atoms with Crippen LogP contribution in [0.1, 0.15) is 34.9 Å². The van der Waals surface area contributed by atoms with Crippen molar-refractivity contribution in [2.45, 2.75) is 25.0 Å². The van der Waals surface area contributed by atoms with Crippen LogP contribution in [0, 0.1) is 11.7 Å². The van der Waals surface area contributed by atoms with Crippen LogP contribution >= 0.6 is 0 Å². The Bertz CT molecular complexity index is 686. The summed E-state index contributed by atoms with van der Waals surface area (Å²) in [5.74, 6) is -0.718. The molecule has 8 heteroatoms. The van der Waals surface area contributed by atoms with E-state index in [4.69, 9.17) is 4.74 Å². The molecule has 3 rings (SSSR count). The van der Waals surface area contributed by atoms with Crippen molar-refractivity contribution in [2.24, 2.45) is 5.92 Å². The molecule has 1 aromatic heterocycles. The van der Waals surface area contributed by atoms with E-state index in [2.05, 4.69) is 20.7 Å². The highest BCUT2D eigenvalue weighted by Crippen LogP contribution is 2.39. The first kappa shape index (κ1) is 15.4. The van der Waals surface area contributed by atoms with Crippen LogP contribution in [0.15, 0.2) is 24.4 Å². The van der Waals surface area contributed by atoms with E-state index in [9.17, 15) is 14.3 Å². The summed E-state index contributed by atoms with van der Waals surface area (Å²) in [5, 5.41) is 22.1. The topological polar surface area (TPSA) is 100 Å². The summed E-state index contributed by atoms with van der Waals surface area (Å²) >= 11 is 0. The Kier molecular flexibility index (Phi) is 4.24. The third-order valence-electron chi connectivity index (χ3n) is 4.09. The summed E-state index contributed by atoms with van der Waals surface area (Å²) in [6.45, 7) is 0. The van der Waals surface area contributed by atoms with Crippen LogP contribution in [0.5, 0.6) is 5.75 Å². The van der Waals surface area contributed by atoms with Crippen LogP contribution in [0.2, 0.25) is 0 Å². The number of ether oxygens (including phenoxy) is 1. The number of aliphatic hydroxyl groups is 1. The number of hydrogen-bond donors (Lipinski definition) is 3. The molecule has 0 saturated heterocycles. The highest BCUT2D eigenvalue weighted by molar-refractivity contribution is 5.92. The van der Waals surface area contributed by atoms with Crippen LogP contribution in [0.3, 0.4) is 0 Å². The van der Waals surface area contributed by atoms with Crippen LogP contribution in [0.25, 0.3) is 0 Å². The molecule has 0 aliphatic heterocycles. The Labute approximate surface area is 131 Å². The number of nitrogens with one attached hydrogen (secondary N) is 2. The molecule has 1 heterocycles. The first-order chi connectivity index (χ1) is 11.1. The van der Waals surface area contributed by atoms with Crippen molar-refractivity contribution in [1.82, 2.24) is 20.7 Å². The average Bonchev–Trinajstić information content (AvgIpc) is 3.04. The van der Waals surface area contributed by atoms with Gasteiger partial charge in [0.05, 0.1) is 25.5 Å². The van der Waals surface area contributed by atoms with E-state index in [1.165, 1.54) is 25.4 Å². The van der Waals surface area contributed by atoms with Crippen LogP contribution in [0.4, 0.5) is 4.39 Å². The molecule has 0 radical (unpaired) electrons. The van der Waals surface area contributed by atoms with Gasteiger partial charge in [0, 0.05) is 0 Å². The number of aliphatic hydroxyl groups excluding tert-OH is 1. The second-order valence-corrected chi connectivity index (χ2v) is 5.59. The SMILES string of the molecule is COc1ccc(C(NC(=O)c2cn[nH]n2)C2CC(O)C2)cc1F. The first-order valence-electron chi connectivity index (χ1n) is 7.26. The lowest BCUT2D eigenvalue weighted by molar-refractivity contribution is 0.0234. The zero-order chi connectivity index (χ0) is 16.4. The molecule has 1 unspecified atom stereocenters. The minimum Gasteiger partial charge on any atom is -0.494 e.